The Hall–Kier alpha value is -5.96. The number of amides is 2. The fourth-order valence-electron chi connectivity index (χ4n) is 7.17. The molecule has 7 N–H and O–H groups in total. The average Bonchev–Trinajstić information content (AvgIpc) is 2.17. The quantitative estimate of drug-likeness (QED) is 0.0216. The number of rotatable bonds is 20. The summed E-state index contributed by atoms with van der Waals surface area (Å²) in [5.74, 6) is -2.28. The molecule has 0 fully saturated rings. The Morgan fingerprint density at radius 2 is 1.55 bits per heavy atom. The molecule has 0 radical (unpaired) electrons. The molecule has 22 nitrogen and oxygen atoms in total. The van der Waals surface area contributed by atoms with Gasteiger partial charge in [-0.3, -0.25) is 24.3 Å². The maximum absolute atomic E-state index is 12.7. The van der Waals surface area contributed by atoms with Gasteiger partial charge < -0.3 is 59.4 Å². The number of fused-ring (bicyclic) bond motifs is 1. The van der Waals surface area contributed by atoms with E-state index in [0.717, 1.165) is 60.6 Å². The molecule has 2 unspecified atom stereocenters. The number of benzene rings is 4. The van der Waals surface area contributed by atoms with Gasteiger partial charge in [-0.15, -0.1) is 11.6 Å². The molecule has 1 aliphatic rings. The van der Waals surface area contributed by atoms with Crippen LogP contribution in [0.1, 0.15) is 75.5 Å². The van der Waals surface area contributed by atoms with Crippen molar-refractivity contribution in [2.24, 2.45) is 0 Å². The Bertz CT molecular complexity index is 3100. The van der Waals surface area contributed by atoms with Crippen LogP contribution < -0.4 is 35.2 Å². The van der Waals surface area contributed by atoms with Gasteiger partial charge in [-0.1, -0.05) is 83.7 Å². The number of hydrogen-bond acceptors (Lipinski definition) is 16. The fraction of sp³-hybridized carbons (Fsp3) is 0.407. The van der Waals surface area contributed by atoms with Crippen molar-refractivity contribution in [1.82, 2.24) is 20.3 Å². The first-order valence-electron chi connectivity index (χ1n) is 25.6. The van der Waals surface area contributed by atoms with Crippen molar-refractivity contribution < 1.29 is 80.7 Å². The van der Waals surface area contributed by atoms with Crippen LogP contribution in [-0.2, 0) is 45.8 Å². The van der Waals surface area contributed by atoms with E-state index in [0.29, 0.717) is 36.9 Å². The van der Waals surface area contributed by atoms with Gasteiger partial charge in [-0.05, 0) is 126 Å². The lowest BCUT2D eigenvalue weighted by Gasteiger charge is -2.35. The highest BCUT2D eigenvalue weighted by atomic mass is 35.5. The number of carboxylic acids is 2. The first-order valence-corrected chi connectivity index (χ1v) is 30.0. The number of nitrogens with zero attached hydrogens (tertiary/aromatic N) is 5. The van der Waals surface area contributed by atoms with E-state index in [1.807, 2.05) is 77.9 Å². The normalized spacial score (nSPS) is 13.2. The zero-order valence-corrected chi connectivity index (χ0v) is 53.2. The lowest BCUT2D eigenvalue weighted by molar-refractivity contribution is -0.146. The number of methoxy groups -OCH3 is 1. The molecule has 0 aliphatic carbocycles. The van der Waals surface area contributed by atoms with Gasteiger partial charge in [-0.25, -0.2) is 9.59 Å². The number of aromatic nitrogens is 3. The Morgan fingerprint density at radius 1 is 0.895 bits per heavy atom. The maximum atomic E-state index is 12.7. The summed E-state index contributed by atoms with van der Waals surface area (Å²) in [6.07, 6.45) is -5.68. The van der Waals surface area contributed by atoms with Crippen LogP contribution in [-0.4, -0.2) is 139 Å². The van der Waals surface area contributed by atoms with E-state index in [1.165, 1.54) is 12.1 Å². The van der Waals surface area contributed by atoms with Gasteiger partial charge in [0.1, 0.15) is 29.7 Å². The summed E-state index contributed by atoms with van der Waals surface area (Å²) < 4.78 is 68.9. The van der Waals surface area contributed by atoms with Crippen LogP contribution in [0, 0.1) is 6.92 Å². The average molecular weight is 1350 g/mol. The van der Waals surface area contributed by atoms with Crippen LogP contribution in [0.5, 0.6) is 17.2 Å². The second-order valence-corrected chi connectivity index (χ2v) is 22.4. The molecule has 6 rings (SSSR count). The largest absolute Gasteiger partial charge is 0.489 e. The molecule has 86 heavy (non-hydrogen) atoms. The van der Waals surface area contributed by atoms with Crippen molar-refractivity contribution in [3.63, 3.8) is 0 Å². The Kier molecular flexibility index (Phi) is 32.8. The topological polar surface area (TPSA) is 302 Å². The molecule has 5 aromatic rings. The Balaban J connectivity index is 0.000000381. The molecule has 2 heterocycles. The smallest absolute Gasteiger partial charge is 0.416 e. The molecule has 4 aromatic carbocycles. The third-order valence-corrected chi connectivity index (χ3v) is 12.9. The molecule has 474 valence electrons. The lowest BCUT2D eigenvalue weighted by atomic mass is 10.0. The number of carboxylic acid groups (broad SMARTS) is 2. The second-order valence-electron chi connectivity index (χ2n) is 18.3. The third kappa shape index (κ3) is 26.2. The lowest BCUT2D eigenvalue weighted by Crippen LogP contribution is -2.47. The molecule has 1 aliphatic heterocycles. The number of hydrogen-bond donors (Lipinski definition) is 7. The minimum absolute atomic E-state index is 0.0223. The summed E-state index contributed by atoms with van der Waals surface area (Å²) in [6.45, 7) is 16.4. The number of halogens is 9. The Morgan fingerprint density at radius 3 is 2.09 bits per heavy atom. The molecule has 2 amide bonds. The fourth-order valence-corrected chi connectivity index (χ4v) is 8.48. The number of carbonyl (C=O) groups is 5. The number of para-hydroxylation sites is 3. The van der Waals surface area contributed by atoms with Crippen molar-refractivity contribution >= 4 is 130 Å². The second kappa shape index (κ2) is 37.0. The van der Waals surface area contributed by atoms with E-state index in [-0.39, 0.29) is 68.2 Å². The summed E-state index contributed by atoms with van der Waals surface area (Å²) in [4.78, 5) is 87.3. The van der Waals surface area contributed by atoms with Crippen molar-refractivity contribution in [1.29, 1.82) is 0 Å². The van der Waals surface area contributed by atoms with Gasteiger partial charge in [0.05, 0.1) is 64.1 Å². The van der Waals surface area contributed by atoms with Crippen LogP contribution in [0.15, 0.2) is 78.9 Å². The highest BCUT2D eigenvalue weighted by Gasteiger charge is 2.33. The molecular weight excluding hydrogens is 1290 g/mol. The number of aliphatic carboxylic acids is 2. The molecule has 1 aromatic heterocycles. The van der Waals surface area contributed by atoms with Gasteiger partial charge >= 0.3 is 31.7 Å². The number of carbonyl (C=O) groups excluding carboxylic acids is 3. The summed E-state index contributed by atoms with van der Waals surface area (Å²) in [5, 5.41) is 24.7. The van der Waals surface area contributed by atoms with Gasteiger partial charge in [0.2, 0.25) is 23.1 Å². The van der Waals surface area contributed by atoms with Crippen LogP contribution >= 0.6 is 77.2 Å². The minimum atomic E-state index is -4.56. The maximum Gasteiger partial charge on any atom is 0.416 e. The van der Waals surface area contributed by atoms with Gasteiger partial charge in [0.25, 0.3) is 5.91 Å². The van der Waals surface area contributed by atoms with E-state index >= 15 is 0 Å². The molecule has 32 heteroatoms. The predicted molar refractivity (Wildman–Crippen MR) is 325 cm³/mol. The molecule has 0 bridgehead atoms. The van der Waals surface area contributed by atoms with E-state index in [9.17, 15) is 41.7 Å². The van der Waals surface area contributed by atoms with E-state index < -0.39 is 61.0 Å². The summed E-state index contributed by atoms with van der Waals surface area (Å²) >= 11 is 34.5. The van der Waals surface area contributed by atoms with E-state index in [4.69, 9.17) is 109 Å². The van der Waals surface area contributed by atoms with Crippen molar-refractivity contribution in [2.75, 3.05) is 66.0 Å². The monoisotopic (exact) mass is 1350 g/mol. The molecule has 3 atom stereocenters. The number of esters is 1. The zero-order chi connectivity index (χ0) is 65.2. The number of ether oxygens (including phenoxy) is 4. The van der Waals surface area contributed by atoms with E-state index in [1.54, 1.807) is 16.9 Å². The summed E-state index contributed by atoms with van der Waals surface area (Å²) in [5.41, 5.74) is 2.81. The highest BCUT2D eigenvalue weighted by Crippen LogP contribution is 2.38. The minimum Gasteiger partial charge on any atom is -0.489 e. The molecule has 0 saturated heterocycles. The highest BCUT2D eigenvalue weighted by molar-refractivity contribution is 7.51. The first kappa shape index (κ1) is 76.1. The third-order valence-electron chi connectivity index (χ3n) is 10.9. The standard InChI is InChI=1S/C17H11Cl2F3O5.C15H22ClNO2.C11H11Cl2NO2.C8H14ClN5.C3H8NO5P/c1-8(15(23)24)26-16(25)11-7-10(3-4-12(11)18)27-14-5-2-9(6-13(14)19)17(20,21)22;1-5-13-8-6-7-11(2)15(13)17(14(18)9-16)12(3)10-19-4;1-7-6-16-9-5-3-2-4-8(9)14(7)11(15)10(12)13;1-4-10-7-12-6(9)13-8(14-7)11-5(2)3;5-3(6)1-4-2-10(7,8)9/h2-8H,1H3,(H,23,24);6-8,12H,5,9-10H2,1-4H3;2-5,7,10H,6H2,1H3;5H,4H2,1-3H3,(H2,10,11,12,13,14);4H,1-2H2,(H,5,6)(H2,7,8,9)/t8-;;;;/m0..../s1. The SMILES string of the molecule is CC1COc2ccccc2N1C(=O)C(Cl)Cl.CCNc1nc(Cl)nc(NC(C)C)n1.CCc1cccc(C)c1N(C(=O)CCl)C(C)COC.C[C@H](OC(=O)c1cc(Oc2ccc(C(F)(F)F)cc2Cl)ccc1Cl)C(=O)O.O=C(O)CNCP(=O)(O)O. The summed E-state index contributed by atoms with van der Waals surface area (Å²) in [7, 11) is -2.46. The van der Waals surface area contributed by atoms with Gasteiger partial charge in [0.15, 0.2) is 10.9 Å². The van der Waals surface area contributed by atoms with Crippen LogP contribution in [0.4, 0.5) is 36.4 Å². The van der Waals surface area contributed by atoms with E-state index in [2.05, 4.69) is 43.9 Å². The number of alkyl halides is 6. The number of anilines is 4. The first-order chi connectivity index (χ1) is 40.2. The Labute approximate surface area is 525 Å². The molecular formula is C54H66Cl6F3N8O14P. The van der Waals surface area contributed by atoms with Crippen LogP contribution in [0.2, 0.25) is 15.3 Å². The number of aryl methyl sites for hydroxylation is 2. The zero-order valence-electron chi connectivity index (χ0n) is 47.8. The van der Waals surface area contributed by atoms with Crippen molar-refractivity contribution in [2.45, 2.75) is 97.1 Å². The van der Waals surface area contributed by atoms with Crippen molar-refractivity contribution in [3.8, 4) is 17.2 Å². The number of nitrogens with one attached hydrogen (secondary N) is 3. The summed E-state index contributed by atoms with van der Waals surface area (Å²) in [6, 6.07) is 19.9. The van der Waals surface area contributed by atoms with Crippen molar-refractivity contribution in [3.05, 3.63) is 116 Å². The predicted octanol–water partition coefficient (Wildman–Crippen LogP) is 11.8. The van der Waals surface area contributed by atoms with Crippen LogP contribution in [0.3, 0.4) is 0 Å². The molecule has 0 saturated carbocycles. The van der Waals surface area contributed by atoms with Crippen LogP contribution in [0.25, 0.3) is 0 Å². The van der Waals surface area contributed by atoms with Gasteiger partial charge in [0, 0.05) is 19.7 Å². The molecule has 0 spiro atoms. The van der Waals surface area contributed by atoms with Gasteiger partial charge in [-0.2, -0.15) is 28.1 Å².